The summed E-state index contributed by atoms with van der Waals surface area (Å²) in [5, 5.41) is 0. The maximum Gasteiger partial charge on any atom is 0.0107 e. The first-order valence-electron chi connectivity index (χ1n) is 11.9. The van der Waals surface area contributed by atoms with Crippen LogP contribution in [0.3, 0.4) is 0 Å². The number of nitrogens with zero attached hydrogens (tertiary/aromatic N) is 5. The molecule has 0 radical (unpaired) electrons. The van der Waals surface area contributed by atoms with Gasteiger partial charge >= 0.3 is 0 Å². The minimum Gasteiger partial charge on any atom is -0.306 e. The Kier molecular flexibility index (Phi) is 26.2. The summed E-state index contributed by atoms with van der Waals surface area (Å²) in [5.41, 5.74) is 0. The molecule has 192 valence electrons. The van der Waals surface area contributed by atoms with Gasteiger partial charge in [-0.2, -0.15) is 0 Å². The van der Waals surface area contributed by atoms with Gasteiger partial charge in [-0.25, -0.2) is 0 Å². The summed E-state index contributed by atoms with van der Waals surface area (Å²) in [6.45, 7) is 12.8. The van der Waals surface area contributed by atoms with Crippen molar-refractivity contribution in [1.29, 1.82) is 0 Å². The Morgan fingerprint density at radius 2 is 0.419 bits per heavy atom. The molecule has 0 spiro atoms. The highest BCUT2D eigenvalue weighted by atomic mass is 15.2. The number of hydrogen-bond donors (Lipinski definition) is 0. The molecule has 0 aliphatic carbocycles. The molecule has 4 aliphatic rings. The number of piperazine rings is 1. The van der Waals surface area contributed by atoms with Gasteiger partial charge in [0.2, 0.25) is 0 Å². The summed E-state index contributed by atoms with van der Waals surface area (Å²) in [6.07, 6.45) is 11.4. The second kappa shape index (κ2) is 23.0. The molecule has 5 heteroatoms. The van der Waals surface area contributed by atoms with Crippen LogP contribution in [0.1, 0.15) is 73.6 Å². The third kappa shape index (κ3) is 21.4. The summed E-state index contributed by atoms with van der Waals surface area (Å²) in [5.74, 6) is 0. The van der Waals surface area contributed by atoms with Crippen molar-refractivity contribution in [2.45, 2.75) is 73.6 Å². The first-order valence-corrected chi connectivity index (χ1v) is 11.9. The number of likely N-dealkylation sites (N-methyl/N-ethyl adjacent to an activating group) is 2. The Bertz CT molecular complexity index is 301. The maximum absolute atomic E-state index is 2.39. The minimum absolute atomic E-state index is 0. The van der Waals surface area contributed by atoms with Crippen molar-refractivity contribution in [2.24, 2.45) is 0 Å². The van der Waals surface area contributed by atoms with Gasteiger partial charge in [0.1, 0.15) is 0 Å². The highest BCUT2D eigenvalue weighted by Crippen LogP contribution is 2.05. The third-order valence-electron chi connectivity index (χ3n) is 6.22. The lowest BCUT2D eigenvalue weighted by molar-refractivity contribution is 0.181. The average Bonchev–Trinajstić information content (AvgIpc) is 3.18. The lowest BCUT2D eigenvalue weighted by Gasteiger charge is -2.28. The van der Waals surface area contributed by atoms with Gasteiger partial charge in [0.25, 0.3) is 0 Å². The van der Waals surface area contributed by atoms with Gasteiger partial charge in [0.15, 0.2) is 0 Å². The van der Waals surface area contributed by atoms with E-state index in [2.05, 4.69) is 59.7 Å². The fourth-order valence-electron chi connectivity index (χ4n) is 3.89. The molecular weight excluding hydrogens is 382 g/mol. The van der Waals surface area contributed by atoms with Gasteiger partial charge in [-0.05, 0) is 113 Å². The van der Waals surface area contributed by atoms with Gasteiger partial charge < -0.3 is 24.5 Å². The van der Waals surface area contributed by atoms with Gasteiger partial charge in [-0.15, -0.1) is 0 Å². The predicted molar refractivity (Wildman–Crippen MR) is 145 cm³/mol. The van der Waals surface area contributed by atoms with Gasteiger partial charge in [0.05, 0.1) is 0 Å². The fraction of sp³-hybridized carbons (Fsp3) is 1.00. The SMILES string of the molecule is C.C.C.CN1CCCC1.CN1CCCCC1.CN1CCCCC1.CN1CCN(C)CC1. The Morgan fingerprint density at radius 3 is 0.548 bits per heavy atom. The maximum atomic E-state index is 2.39. The molecule has 0 aromatic rings. The molecule has 0 aromatic carbocycles. The molecule has 0 aromatic heterocycles. The molecule has 5 nitrogen and oxygen atoms in total. The van der Waals surface area contributed by atoms with Crippen LogP contribution in [0.25, 0.3) is 0 Å². The number of rotatable bonds is 0. The average molecular weight is 446 g/mol. The summed E-state index contributed by atoms with van der Waals surface area (Å²) < 4.78 is 0. The lowest BCUT2D eigenvalue weighted by atomic mass is 10.1. The van der Waals surface area contributed by atoms with E-state index in [1.807, 2.05) is 0 Å². The smallest absolute Gasteiger partial charge is 0.0107 e. The van der Waals surface area contributed by atoms with Crippen molar-refractivity contribution in [3.05, 3.63) is 0 Å². The molecule has 0 saturated carbocycles. The van der Waals surface area contributed by atoms with Crippen molar-refractivity contribution in [2.75, 3.05) is 101 Å². The second-order valence-corrected chi connectivity index (χ2v) is 9.34. The Morgan fingerprint density at radius 1 is 0.258 bits per heavy atom. The van der Waals surface area contributed by atoms with E-state index in [1.165, 1.54) is 117 Å². The van der Waals surface area contributed by atoms with E-state index < -0.39 is 0 Å². The van der Waals surface area contributed by atoms with Gasteiger partial charge in [0, 0.05) is 26.2 Å². The van der Waals surface area contributed by atoms with Crippen LogP contribution in [0, 0.1) is 0 Å². The molecule has 0 N–H and O–H groups in total. The van der Waals surface area contributed by atoms with E-state index in [1.54, 1.807) is 0 Å². The zero-order chi connectivity index (χ0) is 20.6. The normalized spacial score (nSPS) is 23.1. The van der Waals surface area contributed by atoms with Crippen molar-refractivity contribution in [3.63, 3.8) is 0 Å². The largest absolute Gasteiger partial charge is 0.306 e. The van der Waals surface area contributed by atoms with Crippen molar-refractivity contribution in [3.8, 4) is 0 Å². The standard InChI is InChI=1S/C6H14N2.2C6H13N.C5H11N.3CH4/c1-7-3-5-8(2)6-4-7;2*1-7-5-3-2-4-6-7;1-6-4-2-3-5-6;;;/h3-6H2,1-2H3;2*2-6H2,1H3;2-5H2,1H3;3*1H4. The fourth-order valence-corrected chi connectivity index (χ4v) is 3.89. The Hall–Kier alpha value is -0.200. The zero-order valence-electron chi connectivity index (χ0n) is 20.0. The van der Waals surface area contributed by atoms with Gasteiger partial charge in [-0.3, -0.25) is 0 Å². The quantitative estimate of drug-likeness (QED) is 0.536. The van der Waals surface area contributed by atoms with E-state index in [-0.39, 0.29) is 22.3 Å². The van der Waals surface area contributed by atoms with E-state index in [4.69, 9.17) is 0 Å². The Labute approximate surface area is 199 Å². The number of piperidine rings is 2. The first kappa shape index (κ1) is 35.4. The first-order chi connectivity index (χ1) is 13.5. The molecule has 4 saturated heterocycles. The molecule has 31 heavy (non-hydrogen) atoms. The molecule has 0 atom stereocenters. The zero-order valence-corrected chi connectivity index (χ0v) is 20.0. The molecule has 4 fully saturated rings. The molecule has 4 heterocycles. The van der Waals surface area contributed by atoms with Crippen molar-refractivity contribution >= 4 is 0 Å². The number of hydrogen-bond acceptors (Lipinski definition) is 5. The molecule has 0 bridgehead atoms. The summed E-state index contributed by atoms with van der Waals surface area (Å²) in [4.78, 5) is 11.9. The monoisotopic (exact) mass is 446 g/mol. The van der Waals surface area contributed by atoms with E-state index >= 15 is 0 Å². The highest BCUT2D eigenvalue weighted by molar-refractivity contribution is 4.64. The topological polar surface area (TPSA) is 16.2 Å². The van der Waals surface area contributed by atoms with Crippen LogP contribution in [0.2, 0.25) is 0 Å². The summed E-state index contributed by atoms with van der Waals surface area (Å²) >= 11 is 0. The third-order valence-corrected chi connectivity index (χ3v) is 6.22. The van der Waals surface area contributed by atoms with E-state index in [9.17, 15) is 0 Å². The van der Waals surface area contributed by atoms with Crippen molar-refractivity contribution in [1.82, 2.24) is 24.5 Å². The number of likely N-dealkylation sites (tertiary alicyclic amines) is 3. The summed E-state index contributed by atoms with van der Waals surface area (Å²) in [7, 11) is 10.9. The van der Waals surface area contributed by atoms with Crippen molar-refractivity contribution < 1.29 is 0 Å². The van der Waals surface area contributed by atoms with Crippen LogP contribution in [0.4, 0.5) is 0 Å². The highest BCUT2D eigenvalue weighted by Gasteiger charge is 2.08. The van der Waals surface area contributed by atoms with E-state index in [0.717, 1.165) is 0 Å². The van der Waals surface area contributed by atoms with Crippen LogP contribution in [0.15, 0.2) is 0 Å². The van der Waals surface area contributed by atoms with Crippen LogP contribution in [-0.4, -0.2) is 125 Å². The lowest BCUT2D eigenvalue weighted by Crippen LogP contribution is -2.42. The Balaban J connectivity index is -0.000000328. The minimum atomic E-state index is 0. The van der Waals surface area contributed by atoms with Crippen LogP contribution in [-0.2, 0) is 0 Å². The van der Waals surface area contributed by atoms with E-state index in [0.29, 0.717) is 0 Å². The molecule has 4 rings (SSSR count). The predicted octanol–water partition coefficient (Wildman–Crippen LogP) is 4.69. The molecule has 4 aliphatic heterocycles. The summed E-state index contributed by atoms with van der Waals surface area (Å²) in [6, 6.07) is 0. The van der Waals surface area contributed by atoms with Crippen LogP contribution >= 0.6 is 0 Å². The van der Waals surface area contributed by atoms with Crippen LogP contribution < -0.4 is 0 Å². The van der Waals surface area contributed by atoms with Crippen LogP contribution in [0.5, 0.6) is 0 Å². The molecule has 0 amide bonds. The van der Waals surface area contributed by atoms with Gasteiger partial charge in [-0.1, -0.05) is 35.1 Å². The second-order valence-electron chi connectivity index (χ2n) is 9.34. The molecular formula is C26H63N5. The molecule has 0 unspecified atom stereocenters.